The highest BCUT2D eigenvalue weighted by atomic mass is 16.2. The topological polar surface area (TPSA) is 170 Å². The van der Waals surface area contributed by atoms with Gasteiger partial charge in [-0.2, -0.15) is 20.5 Å². The summed E-state index contributed by atoms with van der Waals surface area (Å²) in [5.41, 5.74) is 2.38. The molecule has 0 radical (unpaired) electrons. The summed E-state index contributed by atoms with van der Waals surface area (Å²) in [4.78, 5) is 59.2. The van der Waals surface area contributed by atoms with Crippen molar-refractivity contribution in [3.05, 3.63) is 101 Å². The number of rotatable bonds is 8. The van der Waals surface area contributed by atoms with E-state index in [2.05, 4.69) is 41.1 Å². The second-order valence-electron chi connectivity index (χ2n) is 9.53. The maximum atomic E-state index is 13.2. The largest absolute Gasteiger partial charge is 0.348 e. The van der Waals surface area contributed by atoms with Crippen LogP contribution < -0.4 is 10.6 Å². The summed E-state index contributed by atoms with van der Waals surface area (Å²) in [7, 11) is 0. The summed E-state index contributed by atoms with van der Waals surface area (Å²) in [6.45, 7) is 3.28. The molecule has 3 atom stereocenters. The Bertz CT molecular complexity index is 1610. The van der Waals surface area contributed by atoms with E-state index in [1.54, 1.807) is 68.6 Å². The molecule has 1 aromatic heterocycles. The van der Waals surface area contributed by atoms with E-state index in [1.807, 2.05) is 12.1 Å². The van der Waals surface area contributed by atoms with Gasteiger partial charge in [0.2, 0.25) is 0 Å². The van der Waals surface area contributed by atoms with Crippen LogP contribution in [0.2, 0.25) is 0 Å². The molecule has 0 bridgehead atoms. The second kappa shape index (κ2) is 11.8. The van der Waals surface area contributed by atoms with Gasteiger partial charge in [-0.3, -0.25) is 29.8 Å². The molecule has 2 aliphatic rings. The normalized spacial score (nSPS) is 20.6. The first-order valence-electron chi connectivity index (χ1n) is 12.8. The van der Waals surface area contributed by atoms with Gasteiger partial charge in [0.05, 0.1) is 17.3 Å². The van der Waals surface area contributed by atoms with Crippen LogP contribution in [0.1, 0.15) is 32.0 Å². The lowest BCUT2D eigenvalue weighted by Crippen LogP contribution is -2.47. The third-order valence-electron chi connectivity index (χ3n) is 6.91. The van der Waals surface area contributed by atoms with Gasteiger partial charge in [0.1, 0.15) is 5.82 Å². The lowest BCUT2D eigenvalue weighted by Gasteiger charge is -2.29. The van der Waals surface area contributed by atoms with E-state index >= 15 is 0 Å². The van der Waals surface area contributed by atoms with Crippen molar-refractivity contribution in [2.24, 2.45) is 20.5 Å². The molecule has 3 aromatic rings. The van der Waals surface area contributed by atoms with Gasteiger partial charge in [0, 0.05) is 23.5 Å². The fourth-order valence-electron chi connectivity index (χ4n) is 4.78. The quantitative estimate of drug-likeness (QED) is 0.282. The smallest absolute Gasteiger partial charge is 0.257 e. The first kappa shape index (κ1) is 27.2. The molecule has 0 aliphatic carbocycles. The number of aromatic nitrogens is 2. The second-order valence-corrected chi connectivity index (χ2v) is 9.53. The van der Waals surface area contributed by atoms with Gasteiger partial charge in [-0.05, 0) is 55.7 Å². The Kier molecular flexibility index (Phi) is 7.81. The number of hydrogen-bond donors (Lipinski definition) is 3. The predicted octanol–water partition coefficient (Wildman–Crippen LogP) is 4.13. The van der Waals surface area contributed by atoms with Crippen molar-refractivity contribution in [2.45, 2.75) is 38.3 Å². The molecule has 41 heavy (non-hydrogen) atoms. The van der Waals surface area contributed by atoms with Crippen molar-refractivity contribution in [1.82, 2.24) is 20.6 Å². The zero-order valence-corrected chi connectivity index (χ0v) is 22.2. The van der Waals surface area contributed by atoms with Crippen LogP contribution in [0.5, 0.6) is 0 Å². The molecule has 206 valence electrons. The molecular formula is C29H26N8O4. The molecule has 4 amide bonds. The van der Waals surface area contributed by atoms with Gasteiger partial charge in [-0.1, -0.05) is 36.4 Å². The summed E-state index contributed by atoms with van der Waals surface area (Å²) >= 11 is 0. The average Bonchev–Trinajstić information content (AvgIpc) is 3.50. The van der Waals surface area contributed by atoms with Crippen molar-refractivity contribution in [3.63, 3.8) is 0 Å². The molecule has 0 saturated heterocycles. The number of nitrogens with one attached hydrogen (secondary N) is 3. The number of aromatic amines is 1. The zero-order valence-electron chi connectivity index (χ0n) is 22.2. The van der Waals surface area contributed by atoms with E-state index < -0.39 is 41.6 Å². The third-order valence-corrected chi connectivity index (χ3v) is 6.91. The number of carbonyl (C=O) groups excluding carboxylic acids is 4. The molecule has 2 aliphatic heterocycles. The van der Waals surface area contributed by atoms with Crippen molar-refractivity contribution in [2.75, 3.05) is 0 Å². The van der Waals surface area contributed by atoms with Gasteiger partial charge in [0.25, 0.3) is 23.6 Å². The first-order valence-corrected chi connectivity index (χ1v) is 12.8. The molecule has 12 nitrogen and oxygen atoms in total. The highest BCUT2D eigenvalue weighted by molar-refractivity contribution is 6.13. The fraction of sp³-hybridized carbons (Fsp3) is 0.207. The molecule has 5 rings (SSSR count). The number of amides is 4. The number of hydrogen-bond acceptors (Lipinski definition) is 9. The van der Waals surface area contributed by atoms with Crippen molar-refractivity contribution >= 4 is 35.0 Å². The van der Waals surface area contributed by atoms with Gasteiger partial charge in [-0.25, -0.2) is 4.98 Å². The Morgan fingerprint density at radius 3 is 1.83 bits per heavy atom. The Hall–Kier alpha value is -5.39. The summed E-state index contributed by atoms with van der Waals surface area (Å²) in [6, 6.07) is 15.7. The summed E-state index contributed by atoms with van der Waals surface area (Å²) < 4.78 is 0. The van der Waals surface area contributed by atoms with E-state index in [0.717, 1.165) is 0 Å². The van der Waals surface area contributed by atoms with Crippen LogP contribution in [0.15, 0.2) is 116 Å². The molecule has 3 heterocycles. The molecule has 3 N–H and O–H groups in total. The summed E-state index contributed by atoms with van der Waals surface area (Å²) in [5, 5.41) is 21.5. The zero-order chi connectivity index (χ0) is 28.9. The molecule has 3 unspecified atom stereocenters. The number of azo groups is 2. The van der Waals surface area contributed by atoms with Crippen LogP contribution in [-0.2, 0) is 19.2 Å². The SMILES string of the molecule is CC1=C(CC(C2=C(C)C(N=Nc3ccccc3)C(=O)NC2=O)c2ncc[nH]2)C(=O)NC(=O)C1N=Nc1ccccc1. The molecule has 0 spiro atoms. The Morgan fingerprint density at radius 1 is 0.756 bits per heavy atom. The van der Waals surface area contributed by atoms with Crippen LogP contribution in [0.3, 0.4) is 0 Å². The van der Waals surface area contributed by atoms with Gasteiger partial charge < -0.3 is 4.98 Å². The molecule has 0 saturated carbocycles. The van der Waals surface area contributed by atoms with Gasteiger partial charge >= 0.3 is 0 Å². The molecular weight excluding hydrogens is 524 g/mol. The monoisotopic (exact) mass is 550 g/mol. The number of carbonyl (C=O) groups is 4. The lowest BCUT2D eigenvalue weighted by molar-refractivity contribution is -0.132. The average molecular weight is 551 g/mol. The van der Waals surface area contributed by atoms with Gasteiger partial charge in [-0.15, -0.1) is 0 Å². The maximum absolute atomic E-state index is 13.2. The van der Waals surface area contributed by atoms with E-state index in [0.29, 0.717) is 28.3 Å². The van der Waals surface area contributed by atoms with Crippen molar-refractivity contribution < 1.29 is 19.2 Å². The Morgan fingerprint density at radius 2 is 1.29 bits per heavy atom. The van der Waals surface area contributed by atoms with Crippen LogP contribution in [-0.4, -0.2) is 45.7 Å². The third kappa shape index (κ3) is 5.81. The minimum Gasteiger partial charge on any atom is -0.348 e. The molecule has 2 aromatic carbocycles. The Labute approximate surface area is 234 Å². The number of imidazole rings is 1. The fourth-order valence-corrected chi connectivity index (χ4v) is 4.78. The minimum absolute atomic E-state index is 0.00729. The number of nitrogens with zero attached hydrogens (tertiary/aromatic N) is 5. The minimum atomic E-state index is -1.07. The number of imide groups is 2. The molecule has 0 fully saturated rings. The first-order chi connectivity index (χ1) is 19.8. The van der Waals surface area contributed by atoms with E-state index in [-0.39, 0.29) is 17.6 Å². The van der Waals surface area contributed by atoms with Crippen LogP contribution in [0.25, 0.3) is 0 Å². The highest BCUT2D eigenvalue weighted by Gasteiger charge is 2.40. The molecule has 12 heteroatoms. The van der Waals surface area contributed by atoms with E-state index in [9.17, 15) is 19.2 Å². The summed E-state index contributed by atoms with van der Waals surface area (Å²) in [5.74, 6) is -2.79. The van der Waals surface area contributed by atoms with Gasteiger partial charge in [0.15, 0.2) is 12.1 Å². The highest BCUT2D eigenvalue weighted by Crippen LogP contribution is 2.37. The Balaban J connectivity index is 1.53. The standard InChI is InChI=1S/C29H26N8O4/c1-16-20(26(38)32-28(40)23(16)36-34-18-9-5-3-6-10-18)15-21(25-30-13-14-31-25)22-17(2)24(29(41)33-27(22)39)37-35-19-11-7-4-8-12-19/h3-14,21,23-24H,15H2,1-2H3,(H,30,31)(H,32,38,40)(H,33,39,41). The number of H-pyrrole nitrogens is 1. The number of benzene rings is 2. The van der Waals surface area contributed by atoms with Crippen LogP contribution in [0.4, 0.5) is 11.4 Å². The predicted molar refractivity (Wildman–Crippen MR) is 147 cm³/mol. The van der Waals surface area contributed by atoms with Crippen molar-refractivity contribution in [1.29, 1.82) is 0 Å². The van der Waals surface area contributed by atoms with E-state index in [1.165, 1.54) is 6.20 Å². The maximum Gasteiger partial charge on any atom is 0.257 e. The van der Waals surface area contributed by atoms with E-state index in [4.69, 9.17) is 0 Å². The van der Waals surface area contributed by atoms with Crippen LogP contribution >= 0.6 is 0 Å². The lowest BCUT2D eigenvalue weighted by atomic mass is 9.81. The summed E-state index contributed by atoms with van der Waals surface area (Å²) in [6.07, 6.45) is 3.12. The van der Waals surface area contributed by atoms with Crippen LogP contribution in [0, 0.1) is 0 Å². The van der Waals surface area contributed by atoms with Crippen molar-refractivity contribution in [3.8, 4) is 0 Å².